The van der Waals surface area contributed by atoms with Gasteiger partial charge < -0.3 is 10.2 Å². The van der Waals surface area contributed by atoms with Gasteiger partial charge in [0.05, 0.1) is 11.1 Å². The third-order valence-electron chi connectivity index (χ3n) is 2.43. The molecule has 0 unspecified atom stereocenters. The number of nitrogens with two attached hydrogens (primary N) is 1. The van der Waals surface area contributed by atoms with Crippen molar-refractivity contribution in [1.82, 2.24) is 5.43 Å². The van der Waals surface area contributed by atoms with Gasteiger partial charge in [0.25, 0.3) is 10.1 Å². The van der Waals surface area contributed by atoms with E-state index in [-0.39, 0.29) is 4.90 Å². The predicted octanol–water partition coefficient (Wildman–Crippen LogP) is 1.20. The summed E-state index contributed by atoms with van der Waals surface area (Å²) in [5.41, 5.74) is 7.47. The molecule has 0 spiro atoms. The fourth-order valence-electron chi connectivity index (χ4n) is 1.53. The monoisotopic (exact) mass is 309 g/mol. The minimum absolute atomic E-state index is 0.203. The Balaban J connectivity index is 2.18. The average Bonchev–Trinajstić information content (AvgIpc) is 2.86. The fourth-order valence-corrected chi connectivity index (χ4v) is 2.01. The molecule has 4 N–H and O–H groups in total. The zero-order valence-corrected chi connectivity index (χ0v) is 11.4. The van der Waals surface area contributed by atoms with Gasteiger partial charge in [-0.05, 0) is 36.4 Å². The molecule has 1 aromatic heterocycles. The topological polar surface area (TPSA) is 135 Å². The minimum Gasteiger partial charge on any atom is -0.455 e. The summed E-state index contributed by atoms with van der Waals surface area (Å²) in [6.07, 6.45) is 1.26. The zero-order valence-electron chi connectivity index (χ0n) is 10.6. The lowest BCUT2D eigenvalue weighted by Crippen LogP contribution is -2.24. The molecule has 0 atom stereocenters. The summed E-state index contributed by atoms with van der Waals surface area (Å²) in [7, 11) is -4.22. The number of hydrazone groups is 1. The molecule has 9 heteroatoms. The van der Waals surface area contributed by atoms with E-state index in [4.69, 9.17) is 14.7 Å². The lowest BCUT2D eigenvalue weighted by Gasteiger charge is -1.99. The van der Waals surface area contributed by atoms with Crippen LogP contribution in [-0.2, 0) is 10.1 Å². The molecule has 2 rings (SSSR count). The van der Waals surface area contributed by atoms with Gasteiger partial charge in [-0.3, -0.25) is 4.55 Å². The highest BCUT2D eigenvalue weighted by Crippen LogP contribution is 2.23. The quantitative estimate of drug-likeness (QED) is 0.443. The lowest BCUT2D eigenvalue weighted by atomic mass is 10.2. The van der Waals surface area contributed by atoms with Crippen LogP contribution in [0.15, 0.2) is 50.8 Å². The van der Waals surface area contributed by atoms with E-state index in [0.29, 0.717) is 17.1 Å². The van der Waals surface area contributed by atoms with Crippen LogP contribution in [-0.4, -0.2) is 25.2 Å². The van der Waals surface area contributed by atoms with Crippen LogP contribution in [0.3, 0.4) is 0 Å². The zero-order chi connectivity index (χ0) is 15.5. The van der Waals surface area contributed by atoms with Crippen LogP contribution in [0.5, 0.6) is 0 Å². The minimum atomic E-state index is -4.22. The molecular formula is C12H11N3O5S. The summed E-state index contributed by atoms with van der Waals surface area (Å²) in [6.45, 7) is 0. The van der Waals surface area contributed by atoms with Crippen LogP contribution < -0.4 is 11.2 Å². The van der Waals surface area contributed by atoms with Crippen LogP contribution >= 0.6 is 0 Å². The molecular weight excluding hydrogens is 298 g/mol. The third kappa shape index (κ3) is 3.91. The summed E-state index contributed by atoms with van der Waals surface area (Å²) in [5, 5.41) is 3.54. The summed E-state index contributed by atoms with van der Waals surface area (Å²) in [5.74, 6) is 0.843. The largest absolute Gasteiger partial charge is 0.455 e. The number of urea groups is 1. The van der Waals surface area contributed by atoms with Crippen molar-refractivity contribution in [1.29, 1.82) is 0 Å². The van der Waals surface area contributed by atoms with Gasteiger partial charge in [-0.1, -0.05) is 0 Å². The average molecular weight is 309 g/mol. The van der Waals surface area contributed by atoms with Crippen molar-refractivity contribution < 1.29 is 22.2 Å². The fraction of sp³-hybridized carbons (Fsp3) is 0. The van der Waals surface area contributed by atoms with Crippen LogP contribution in [0.2, 0.25) is 0 Å². The van der Waals surface area contributed by atoms with Gasteiger partial charge in [0.1, 0.15) is 11.5 Å². The van der Waals surface area contributed by atoms with Crippen molar-refractivity contribution in [2.45, 2.75) is 4.90 Å². The number of furan rings is 1. The molecule has 1 aromatic carbocycles. The second-order valence-electron chi connectivity index (χ2n) is 3.94. The first-order valence-electron chi connectivity index (χ1n) is 5.62. The number of benzene rings is 1. The van der Waals surface area contributed by atoms with Crippen molar-refractivity contribution in [2.75, 3.05) is 0 Å². The van der Waals surface area contributed by atoms with Gasteiger partial charge in [0, 0.05) is 5.56 Å². The third-order valence-corrected chi connectivity index (χ3v) is 3.30. The van der Waals surface area contributed by atoms with Crippen LogP contribution in [0.25, 0.3) is 11.3 Å². The maximum absolute atomic E-state index is 10.9. The Labute approximate surface area is 120 Å². The summed E-state index contributed by atoms with van der Waals surface area (Å²) in [4.78, 5) is 10.2. The number of hydrogen-bond acceptors (Lipinski definition) is 5. The molecule has 0 radical (unpaired) electrons. The Bertz CT molecular complexity index is 777. The molecule has 0 fully saturated rings. The number of rotatable bonds is 4. The van der Waals surface area contributed by atoms with Gasteiger partial charge in [-0.15, -0.1) is 0 Å². The Kier molecular flexibility index (Phi) is 4.05. The smallest absolute Gasteiger partial charge is 0.332 e. The Morgan fingerprint density at radius 3 is 2.48 bits per heavy atom. The number of nitrogens with one attached hydrogen (secondary N) is 1. The van der Waals surface area contributed by atoms with Crippen molar-refractivity contribution in [3.8, 4) is 11.3 Å². The Hall–Kier alpha value is -2.65. The Morgan fingerprint density at radius 2 is 1.90 bits per heavy atom. The molecule has 0 aliphatic rings. The molecule has 8 nitrogen and oxygen atoms in total. The number of hydrogen-bond donors (Lipinski definition) is 3. The molecule has 0 aliphatic heterocycles. The van der Waals surface area contributed by atoms with Crippen molar-refractivity contribution in [3.05, 3.63) is 42.2 Å². The highest BCUT2D eigenvalue weighted by Gasteiger charge is 2.10. The van der Waals surface area contributed by atoms with E-state index in [2.05, 4.69) is 5.10 Å². The second-order valence-corrected chi connectivity index (χ2v) is 5.36. The molecule has 21 heavy (non-hydrogen) atoms. The Morgan fingerprint density at radius 1 is 1.24 bits per heavy atom. The SMILES string of the molecule is NC(=O)NN=Cc1ccc(-c2ccc(S(=O)(=O)O)cc2)o1. The van der Waals surface area contributed by atoms with E-state index in [9.17, 15) is 13.2 Å². The van der Waals surface area contributed by atoms with E-state index in [0.717, 1.165) is 0 Å². The normalized spacial score (nSPS) is 11.7. The molecule has 0 saturated carbocycles. The molecule has 0 saturated heterocycles. The number of primary amides is 1. The lowest BCUT2D eigenvalue weighted by molar-refractivity contribution is 0.249. The second kappa shape index (κ2) is 5.77. The summed E-state index contributed by atoms with van der Waals surface area (Å²) >= 11 is 0. The van der Waals surface area contributed by atoms with Gasteiger partial charge in [-0.25, -0.2) is 10.2 Å². The highest BCUT2D eigenvalue weighted by atomic mass is 32.2. The summed E-state index contributed by atoms with van der Waals surface area (Å²) < 4.78 is 36.2. The van der Waals surface area contributed by atoms with Gasteiger partial charge in [-0.2, -0.15) is 13.5 Å². The van der Waals surface area contributed by atoms with Gasteiger partial charge in [0.2, 0.25) is 0 Å². The van der Waals surface area contributed by atoms with E-state index >= 15 is 0 Å². The number of amides is 2. The molecule has 2 amide bonds. The van der Waals surface area contributed by atoms with E-state index in [1.807, 2.05) is 5.43 Å². The van der Waals surface area contributed by atoms with Gasteiger partial charge >= 0.3 is 6.03 Å². The summed E-state index contributed by atoms with van der Waals surface area (Å²) in [6, 6.07) is 7.96. The number of carbonyl (C=O) groups excluding carboxylic acids is 1. The van der Waals surface area contributed by atoms with Crippen LogP contribution in [0.1, 0.15) is 5.76 Å². The molecule has 110 valence electrons. The molecule has 0 aliphatic carbocycles. The van der Waals surface area contributed by atoms with Crippen molar-refractivity contribution in [3.63, 3.8) is 0 Å². The number of carbonyl (C=O) groups is 1. The maximum atomic E-state index is 10.9. The van der Waals surface area contributed by atoms with E-state index < -0.39 is 16.1 Å². The maximum Gasteiger partial charge on any atom is 0.332 e. The first-order chi connectivity index (χ1) is 9.86. The first kappa shape index (κ1) is 14.8. The van der Waals surface area contributed by atoms with Crippen molar-refractivity contribution in [2.24, 2.45) is 10.8 Å². The molecule has 0 bridgehead atoms. The van der Waals surface area contributed by atoms with Crippen LogP contribution in [0, 0.1) is 0 Å². The standard InChI is InChI=1S/C12H11N3O5S/c13-12(16)15-14-7-9-3-6-11(20-9)8-1-4-10(5-2-8)21(17,18)19/h1-7H,(H3,13,15,16)(H,17,18,19). The highest BCUT2D eigenvalue weighted by molar-refractivity contribution is 7.85. The van der Waals surface area contributed by atoms with E-state index in [1.54, 1.807) is 12.1 Å². The first-order valence-corrected chi connectivity index (χ1v) is 7.06. The molecule has 2 aromatic rings. The van der Waals surface area contributed by atoms with Crippen LogP contribution in [0.4, 0.5) is 4.79 Å². The van der Waals surface area contributed by atoms with Gasteiger partial charge in [0.15, 0.2) is 0 Å². The predicted molar refractivity (Wildman–Crippen MR) is 74.3 cm³/mol. The number of nitrogens with zero attached hydrogens (tertiary/aromatic N) is 1. The molecule has 1 heterocycles. The van der Waals surface area contributed by atoms with E-state index in [1.165, 1.54) is 30.5 Å². The van der Waals surface area contributed by atoms with Crippen molar-refractivity contribution >= 4 is 22.4 Å².